The topological polar surface area (TPSA) is 208 Å². The SMILES string of the molecule is C=C1C(=O)O[C@@H]2[C@@H]3[C@@H](CC[C@@]3(C)O)C(=C)CC[C@@H]12.C=C1C(=O)O[C@@H]2[C@@H]3[C@@H](CC[C@@]3(C)O)[C@](C)(O)CC[C@@H]12.C=C1C(=O)O[C@@H]2[C@H]3C(C)=CC[C@@]34O[C@@]4(C)CC[C@@H]12.C=C1C(=O)O[C@H]2[C@H]1CC[C@@](C)(OC)C1CC[C@@](C)(O)[C@@H]12. The predicted octanol–water partition coefficient (Wildman–Crippen LogP) is 8.05. The molecule has 14 nitrogen and oxygen atoms in total. The van der Waals surface area contributed by atoms with Crippen LogP contribution in [0.25, 0.3) is 0 Å². The largest absolute Gasteiger partial charge is 0.458 e. The van der Waals surface area contributed by atoms with Crippen LogP contribution in [0.4, 0.5) is 0 Å². The van der Waals surface area contributed by atoms with Crippen LogP contribution >= 0.6 is 0 Å². The second kappa shape index (κ2) is 18.3. The molecule has 5 aliphatic heterocycles. The van der Waals surface area contributed by atoms with E-state index in [4.69, 9.17) is 28.4 Å². The van der Waals surface area contributed by atoms with Gasteiger partial charge in [-0.2, -0.15) is 0 Å². The Labute approximate surface area is 443 Å². The molecule has 7 saturated carbocycles. The molecule has 5 saturated heterocycles. The standard InChI is InChI=1S/C16H24O4.C15H22O4.C15H18O3.C15H20O3/c1-9-10-5-8-16(3,19-4)11-6-7-15(2,18)12(11)13(10)20-14(9)17;1-8-9-4-6-14(2,17)10-5-7-15(3,18)11(10)12(9)19-13(8)16;1-8-4-7-15-11(8)12-10(9(2)13(16)17-12)5-6-14(15,3)18-15;1-8-4-5-11-9(2)14(16)18-13(11)12-10(8)6-7-15(12,3)17/h10-13,18H,1,5-8H2,2-4H3;9-12,17-18H,1,4-7H2,2-3H3;4,10-12H,2,5-7H2,1,3H3;10-13,17H,1-2,4-7H2,3H3/t10-,11?,12-,13-,15+,16+;9-,10+,11-,12-,14+,15+;10-,11+,12-,14-,15+;10-,11-,12-,13-,15+/m0000/s1. The highest BCUT2D eigenvalue weighted by atomic mass is 16.6. The fourth-order valence-electron chi connectivity index (χ4n) is 17.6. The first-order valence-corrected chi connectivity index (χ1v) is 28.0. The summed E-state index contributed by atoms with van der Waals surface area (Å²) in [5, 5.41) is 42.7. The lowest BCUT2D eigenvalue weighted by atomic mass is 9.74. The van der Waals surface area contributed by atoms with Crippen molar-refractivity contribution in [3.63, 3.8) is 0 Å². The number of carbonyl (C=O) groups excluding carboxylic acids is 4. The highest BCUT2D eigenvalue weighted by molar-refractivity contribution is 5.92. The fraction of sp³-hybridized carbons (Fsp3) is 0.738. The van der Waals surface area contributed by atoms with Crippen molar-refractivity contribution in [1.29, 1.82) is 0 Å². The number of carbonyl (C=O) groups is 4. The average Bonchev–Trinajstić information content (AvgIpc) is 4.00. The van der Waals surface area contributed by atoms with Crippen molar-refractivity contribution < 1.29 is 68.0 Å². The Bertz CT molecular complexity index is 2510. The molecule has 5 heterocycles. The van der Waals surface area contributed by atoms with Gasteiger partial charge in [0.2, 0.25) is 0 Å². The van der Waals surface area contributed by atoms with Gasteiger partial charge in [-0.05, 0) is 163 Å². The van der Waals surface area contributed by atoms with Gasteiger partial charge < -0.3 is 48.8 Å². The number of methoxy groups -OCH3 is 1. The van der Waals surface area contributed by atoms with Crippen LogP contribution in [-0.4, -0.2) is 115 Å². The van der Waals surface area contributed by atoms with E-state index in [1.54, 1.807) is 14.0 Å². The normalized spacial score (nSPS) is 51.4. The average molecular weight is 1040 g/mol. The van der Waals surface area contributed by atoms with Gasteiger partial charge in [0.05, 0.1) is 33.6 Å². The van der Waals surface area contributed by atoms with Crippen molar-refractivity contribution in [3.8, 4) is 0 Å². The number of allylic oxidation sites excluding steroid dienone is 1. The Hall–Kier alpha value is -3.92. The van der Waals surface area contributed by atoms with Crippen molar-refractivity contribution in [2.45, 2.75) is 208 Å². The van der Waals surface area contributed by atoms with Crippen LogP contribution in [0.2, 0.25) is 0 Å². The number of aliphatic hydroxyl groups is 4. The lowest BCUT2D eigenvalue weighted by Gasteiger charge is -2.40. The predicted molar refractivity (Wildman–Crippen MR) is 277 cm³/mol. The Morgan fingerprint density at radius 1 is 0.507 bits per heavy atom. The van der Waals surface area contributed by atoms with Crippen LogP contribution in [0.1, 0.15) is 145 Å². The summed E-state index contributed by atoms with van der Waals surface area (Å²) < 4.78 is 34.2. The zero-order valence-electron chi connectivity index (χ0n) is 45.8. The number of ether oxygens (including phenoxy) is 6. The summed E-state index contributed by atoms with van der Waals surface area (Å²) in [6, 6.07) is 0. The quantitative estimate of drug-likeness (QED) is 0.0645. The summed E-state index contributed by atoms with van der Waals surface area (Å²) in [6.45, 7) is 33.5. The summed E-state index contributed by atoms with van der Waals surface area (Å²) in [5.41, 5.74) is 1.21. The smallest absolute Gasteiger partial charge is 0.334 e. The Kier molecular flexibility index (Phi) is 13.3. The van der Waals surface area contributed by atoms with E-state index in [9.17, 15) is 39.6 Å². The molecule has 4 N–H and O–H groups in total. The lowest BCUT2D eigenvalue weighted by Crippen LogP contribution is -2.47. The number of fused-ring (bicyclic) bond motifs is 11. The number of rotatable bonds is 1. The molecule has 0 bridgehead atoms. The molecule has 1 spiro atoms. The van der Waals surface area contributed by atoms with Crippen molar-refractivity contribution in [1.82, 2.24) is 0 Å². The third-order valence-electron chi connectivity index (χ3n) is 22.3. The molecule has 22 atom stereocenters. The minimum Gasteiger partial charge on any atom is -0.458 e. The molecule has 75 heavy (non-hydrogen) atoms. The molecule has 13 rings (SSSR count). The number of epoxide rings is 1. The molecule has 412 valence electrons. The van der Waals surface area contributed by atoms with E-state index in [1.807, 2.05) is 20.8 Å². The second-order valence-electron chi connectivity index (χ2n) is 26.6. The molecule has 0 aromatic rings. The molecule has 1 unspecified atom stereocenters. The third kappa shape index (κ3) is 8.54. The Balaban J connectivity index is 0.000000114. The van der Waals surface area contributed by atoms with Gasteiger partial charge in [-0.15, -0.1) is 0 Å². The molecular weight excluding hydrogens is 957 g/mol. The number of hydrogen-bond donors (Lipinski definition) is 4. The first kappa shape index (κ1) is 54.4. The first-order chi connectivity index (χ1) is 34.9. The van der Waals surface area contributed by atoms with Gasteiger partial charge in [0, 0.05) is 76.7 Å². The summed E-state index contributed by atoms with van der Waals surface area (Å²) in [6.07, 6.45) is 14.0. The fourth-order valence-corrected chi connectivity index (χ4v) is 17.6. The Morgan fingerprint density at radius 3 is 1.45 bits per heavy atom. The number of esters is 4. The summed E-state index contributed by atoms with van der Waals surface area (Å²) in [4.78, 5) is 47.1. The molecule has 0 aromatic heterocycles. The van der Waals surface area contributed by atoms with Crippen LogP contribution in [0.15, 0.2) is 72.4 Å². The van der Waals surface area contributed by atoms with E-state index in [-0.39, 0.29) is 130 Å². The van der Waals surface area contributed by atoms with E-state index in [0.717, 1.165) is 77.0 Å². The van der Waals surface area contributed by atoms with E-state index in [2.05, 4.69) is 59.7 Å². The first-order valence-electron chi connectivity index (χ1n) is 28.0. The van der Waals surface area contributed by atoms with Crippen molar-refractivity contribution in [2.75, 3.05) is 7.11 Å². The maximum absolute atomic E-state index is 11.8. The van der Waals surface area contributed by atoms with Crippen molar-refractivity contribution >= 4 is 23.9 Å². The van der Waals surface area contributed by atoms with E-state index < -0.39 is 22.4 Å². The van der Waals surface area contributed by atoms with Gasteiger partial charge in [0.25, 0.3) is 0 Å². The second-order valence-corrected chi connectivity index (χ2v) is 26.6. The van der Waals surface area contributed by atoms with Crippen LogP contribution in [0.3, 0.4) is 0 Å². The van der Waals surface area contributed by atoms with Gasteiger partial charge in [0.15, 0.2) is 0 Å². The maximum atomic E-state index is 11.8. The van der Waals surface area contributed by atoms with E-state index >= 15 is 0 Å². The minimum atomic E-state index is -0.882. The van der Waals surface area contributed by atoms with Crippen LogP contribution < -0.4 is 0 Å². The van der Waals surface area contributed by atoms with Gasteiger partial charge in [-0.1, -0.05) is 50.1 Å². The third-order valence-corrected chi connectivity index (χ3v) is 22.3. The molecular formula is C61H84O14. The minimum absolute atomic E-state index is 0.0132. The van der Waals surface area contributed by atoms with Gasteiger partial charge in [0.1, 0.15) is 30.0 Å². The summed E-state index contributed by atoms with van der Waals surface area (Å²) >= 11 is 0. The monoisotopic (exact) mass is 1040 g/mol. The number of hydrogen-bond acceptors (Lipinski definition) is 14. The van der Waals surface area contributed by atoms with Gasteiger partial charge in [-0.3, -0.25) is 0 Å². The highest BCUT2D eigenvalue weighted by Crippen LogP contribution is 2.67. The zero-order chi connectivity index (χ0) is 54.5. The van der Waals surface area contributed by atoms with Crippen molar-refractivity contribution in [3.05, 3.63) is 72.4 Å². The zero-order valence-corrected chi connectivity index (χ0v) is 45.8. The maximum Gasteiger partial charge on any atom is 0.334 e. The summed E-state index contributed by atoms with van der Waals surface area (Å²) in [5.74, 6) is -0.442. The molecule has 0 radical (unpaired) electrons. The lowest BCUT2D eigenvalue weighted by molar-refractivity contribution is -0.151. The molecule has 14 heteroatoms. The van der Waals surface area contributed by atoms with E-state index in [1.165, 1.54) is 11.1 Å². The highest BCUT2D eigenvalue weighted by Gasteiger charge is 2.75. The molecule has 12 fully saturated rings. The van der Waals surface area contributed by atoms with Gasteiger partial charge >= 0.3 is 23.9 Å². The Morgan fingerprint density at radius 2 is 0.907 bits per heavy atom. The molecule has 13 aliphatic rings. The van der Waals surface area contributed by atoms with Crippen LogP contribution in [0, 0.1) is 65.1 Å². The molecule has 0 aromatic carbocycles. The van der Waals surface area contributed by atoms with Crippen LogP contribution in [-0.2, 0) is 47.6 Å². The molecule has 0 amide bonds. The van der Waals surface area contributed by atoms with Crippen molar-refractivity contribution in [2.24, 2.45) is 65.1 Å². The molecule has 8 aliphatic carbocycles. The van der Waals surface area contributed by atoms with E-state index in [0.29, 0.717) is 41.6 Å². The van der Waals surface area contributed by atoms with Crippen LogP contribution in [0.5, 0.6) is 0 Å². The van der Waals surface area contributed by atoms with Gasteiger partial charge in [-0.25, -0.2) is 19.2 Å². The summed E-state index contributed by atoms with van der Waals surface area (Å²) in [7, 11) is 1.74.